The summed E-state index contributed by atoms with van der Waals surface area (Å²) in [5.74, 6) is -1.20. The minimum atomic E-state index is -1.02. The second-order valence-corrected chi connectivity index (χ2v) is 6.64. The SMILES string of the molecule is CC(C)(C)N1C(=O)C(=Nc2cccc(C(=O)O)c2)c2ccccc21. The average Bonchev–Trinajstić information content (AvgIpc) is 2.80. The summed E-state index contributed by atoms with van der Waals surface area (Å²) in [5.41, 5.74) is 2.13. The Labute approximate surface area is 140 Å². The molecule has 0 fully saturated rings. The zero-order valence-corrected chi connectivity index (χ0v) is 13.8. The van der Waals surface area contributed by atoms with Crippen molar-refractivity contribution >= 4 is 29.0 Å². The highest BCUT2D eigenvalue weighted by Crippen LogP contribution is 2.35. The molecule has 3 rings (SSSR count). The largest absolute Gasteiger partial charge is 0.478 e. The van der Waals surface area contributed by atoms with Gasteiger partial charge in [0.2, 0.25) is 0 Å². The lowest BCUT2D eigenvalue weighted by molar-refractivity contribution is -0.113. The summed E-state index contributed by atoms with van der Waals surface area (Å²) in [6, 6.07) is 13.8. The molecule has 0 radical (unpaired) electrons. The summed E-state index contributed by atoms with van der Waals surface area (Å²) in [4.78, 5) is 30.2. The molecule has 1 aliphatic heterocycles. The number of hydrogen-bond acceptors (Lipinski definition) is 3. The van der Waals surface area contributed by atoms with Crippen LogP contribution < -0.4 is 4.90 Å². The van der Waals surface area contributed by atoms with Crippen LogP contribution in [0.15, 0.2) is 53.5 Å². The minimum Gasteiger partial charge on any atom is -0.478 e. The van der Waals surface area contributed by atoms with E-state index in [2.05, 4.69) is 4.99 Å². The first-order valence-corrected chi connectivity index (χ1v) is 7.65. The first-order valence-electron chi connectivity index (χ1n) is 7.65. The van der Waals surface area contributed by atoms with Gasteiger partial charge < -0.3 is 10.0 Å². The first kappa shape index (κ1) is 15.9. The van der Waals surface area contributed by atoms with Gasteiger partial charge in [-0.25, -0.2) is 9.79 Å². The lowest BCUT2D eigenvalue weighted by Crippen LogP contribution is -2.45. The predicted octanol–water partition coefficient (Wildman–Crippen LogP) is 3.65. The number of amides is 1. The van der Waals surface area contributed by atoms with Crippen LogP contribution in [0.25, 0.3) is 0 Å². The van der Waals surface area contributed by atoms with Crippen LogP contribution >= 0.6 is 0 Å². The van der Waals surface area contributed by atoms with E-state index in [1.165, 1.54) is 12.1 Å². The van der Waals surface area contributed by atoms with Gasteiger partial charge in [0.1, 0.15) is 5.71 Å². The molecule has 1 N–H and O–H groups in total. The average molecular weight is 322 g/mol. The molecule has 0 atom stereocenters. The molecule has 0 unspecified atom stereocenters. The Balaban J connectivity index is 2.13. The quantitative estimate of drug-likeness (QED) is 0.917. The number of fused-ring (bicyclic) bond motifs is 1. The number of hydrogen-bond donors (Lipinski definition) is 1. The first-order chi connectivity index (χ1) is 11.3. The monoisotopic (exact) mass is 322 g/mol. The lowest BCUT2D eigenvalue weighted by Gasteiger charge is -2.31. The highest BCUT2D eigenvalue weighted by atomic mass is 16.4. The van der Waals surface area contributed by atoms with Crippen molar-refractivity contribution in [1.82, 2.24) is 0 Å². The molecule has 0 aliphatic carbocycles. The van der Waals surface area contributed by atoms with E-state index >= 15 is 0 Å². The van der Waals surface area contributed by atoms with Crippen molar-refractivity contribution in [3.63, 3.8) is 0 Å². The predicted molar refractivity (Wildman–Crippen MR) is 93.3 cm³/mol. The molecule has 1 amide bonds. The molecule has 5 nitrogen and oxygen atoms in total. The van der Waals surface area contributed by atoms with Crippen molar-refractivity contribution < 1.29 is 14.7 Å². The fourth-order valence-corrected chi connectivity index (χ4v) is 2.81. The Morgan fingerprint density at radius 3 is 2.46 bits per heavy atom. The van der Waals surface area contributed by atoms with Gasteiger partial charge in [-0.3, -0.25) is 4.79 Å². The summed E-state index contributed by atoms with van der Waals surface area (Å²) in [7, 11) is 0. The van der Waals surface area contributed by atoms with Gasteiger partial charge in [0.25, 0.3) is 5.91 Å². The number of benzene rings is 2. The Morgan fingerprint density at radius 1 is 1.08 bits per heavy atom. The van der Waals surface area contributed by atoms with Crippen molar-refractivity contribution in [2.75, 3.05) is 4.90 Å². The zero-order valence-electron chi connectivity index (χ0n) is 13.8. The highest BCUT2D eigenvalue weighted by Gasteiger charge is 2.39. The molecule has 1 aliphatic rings. The number of carboxylic acid groups (broad SMARTS) is 1. The van der Waals surface area contributed by atoms with Crippen LogP contribution in [0, 0.1) is 0 Å². The summed E-state index contributed by atoms with van der Waals surface area (Å²) >= 11 is 0. The Kier molecular flexibility index (Phi) is 3.72. The second-order valence-electron chi connectivity index (χ2n) is 6.64. The van der Waals surface area contributed by atoms with Crippen LogP contribution in [0.1, 0.15) is 36.7 Å². The molecule has 0 aromatic heterocycles. The van der Waals surface area contributed by atoms with Crippen LogP contribution in [0.2, 0.25) is 0 Å². The van der Waals surface area contributed by atoms with Crippen LogP contribution in [0.4, 0.5) is 11.4 Å². The molecule has 5 heteroatoms. The topological polar surface area (TPSA) is 70.0 Å². The molecule has 0 spiro atoms. The third kappa shape index (κ3) is 2.69. The zero-order chi connectivity index (χ0) is 17.5. The molecule has 122 valence electrons. The summed E-state index contributed by atoms with van der Waals surface area (Å²) in [6.07, 6.45) is 0. The lowest BCUT2D eigenvalue weighted by atomic mass is 10.1. The maximum Gasteiger partial charge on any atom is 0.335 e. The molecule has 2 aromatic rings. The number of carbonyl (C=O) groups excluding carboxylic acids is 1. The number of aromatic carboxylic acids is 1. The number of anilines is 1. The molecular weight excluding hydrogens is 304 g/mol. The number of nitrogens with zero attached hydrogens (tertiary/aromatic N) is 2. The molecule has 0 saturated carbocycles. The number of para-hydroxylation sites is 1. The number of aliphatic imine (C=N–C) groups is 1. The maximum atomic E-state index is 12.9. The molecular formula is C19H18N2O3. The van der Waals surface area contributed by atoms with Gasteiger partial charge in [-0.05, 0) is 45.0 Å². The summed E-state index contributed by atoms with van der Waals surface area (Å²) in [6.45, 7) is 5.90. The number of rotatable bonds is 2. The van der Waals surface area contributed by atoms with E-state index in [-0.39, 0.29) is 17.0 Å². The molecule has 2 aromatic carbocycles. The highest BCUT2D eigenvalue weighted by molar-refractivity contribution is 6.55. The second kappa shape index (κ2) is 5.60. The molecule has 24 heavy (non-hydrogen) atoms. The maximum absolute atomic E-state index is 12.9. The van der Waals surface area contributed by atoms with E-state index < -0.39 is 5.97 Å². The Hall–Kier alpha value is -2.95. The fraction of sp³-hybridized carbons (Fsp3) is 0.211. The Morgan fingerprint density at radius 2 is 1.79 bits per heavy atom. The smallest absolute Gasteiger partial charge is 0.335 e. The van der Waals surface area contributed by atoms with Gasteiger partial charge in [0.15, 0.2) is 0 Å². The van der Waals surface area contributed by atoms with Crippen LogP contribution in [0.3, 0.4) is 0 Å². The minimum absolute atomic E-state index is 0.142. The van der Waals surface area contributed by atoms with Gasteiger partial charge in [-0.2, -0.15) is 0 Å². The van der Waals surface area contributed by atoms with Crippen molar-refractivity contribution in [3.05, 3.63) is 59.7 Å². The third-order valence-corrected chi connectivity index (χ3v) is 3.81. The van der Waals surface area contributed by atoms with Crippen molar-refractivity contribution in [2.45, 2.75) is 26.3 Å². The standard InChI is InChI=1S/C19H18N2O3/c1-19(2,3)21-15-10-5-4-9-14(15)16(17(21)22)20-13-8-6-7-12(11-13)18(23)24/h4-11H,1-3H3,(H,23,24). The summed E-state index contributed by atoms with van der Waals surface area (Å²) < 4.78 is 0. The summed E-state index contributed by atoms with van der Waals surface area (Å²) in [5, 5.41) is 9.10. The van der Waals surface area contributed by atoms with E-state index in [0.717, 1.165) is 11.3 Å². The van der Waals surface area contributed by atoms with Crippen LogP contribution in [-0.4, -0.2) is 28.2 Å². The van der Waals surface area contributed by atoms with E-state index in [1.807, 2.05) is 45.0 Å². The van der Waals surface area contributed by atoms with Crippen LogP contribution in [0.5, 0.6) is 0 Å². The van der Waals surface area contributed by atoms with E-state index in [9.17, 15) is 9.59 Å². The van der Waals surface area contributed by atoms with E-state index in [1.54, 1.807) is 17.0 Å². The molecule has 1 heterocycles. The normalized spacial score (nSPS) is 15.7. The van der Waals surface area contributed by atoms with E-state index in [4.69, 9.17) is 5.11 Å². The van der Waals surface area contributed by atoms with Crippen molar-refractivity contribution in [2.24, 2.45) is 4.99 Å². The van der Waals surface area contributed by atoms with Gasteiger partial charge in [-0.15, -0.1) is 0 Å². The van der Waals surface area contributed by atoms with Gasteiger partial charge in [-0.1, -0.05) is 24.3 Å². The van der Waals surface area contributed by atoms with Crippen LogP contribution in [-0.2, 0) is 4.79 Å². The van der Waals surface area contributed by atoms with Crippen molar-refractivity contribution in [1.29, 1.82) is 0 Å². The third-order valence-electron chi connectivity index (χ3n) is 3.81. The fourth-order valence-electron chi connectivity index (χ4n) is 2.81. The molecule has 0 bridgehead atoms. The molecule has 0 saturated heterocycles. The Bertz CT molecular complexity index is 863. The van der Waals surface area contributed by atoms with Gasteiger partial charge >= 0.3 is 5.97 Å². The van der Waals surface area contributed by atoms with Gasteiger partial charge in [0.05, 0.1) is 16.9 Å². The number of carbonyl (C=O) groups is 2. The van der Waals surface area contributed by atoms with Crippen molar-refractivity contribution in [3.8, 4) is 0 Å². The number of carboxylic acids is 1. The van der Waals surface area contributed by atoms with Gasteiger partial charge in [0, 0.05) is 11.1 Å². The van der Waals surface area contributed by atoms with E-state index in [0.29, 0.717) is 11.4 Å².